The van der Waals surface area contributed by atoms with Crippen molar-refractivity contribution in [2.75, 3.05) is 33.5 Å². The molecular formula is C14H23NO4. The number of nitrogens with two attached hydrogens (primary N) is 1. The Morgan fingerprint density at radius 1 is 1.26 bits per heavy atom. The van der Waals surface area contributed by atoms with Crippen LogP contribution < -0.4 is 10.5 Å². The number of aliphatic hydroxyl groups is 1. The van der Waals surface area contributed by atoms with Gasteiger partial charge in [0.2, 0.25) is 0 Å². The van der Waals surface area contributed by atoms with E-state index in [0.717, 1.165) is 16.9 Å². The lowest BCUT2D eigenvalue weighted by atomic mass is 10.1. The minimum atomic E-state index is -0.655. The molecular weight excluding hydrogens is 246 g/mol. The van der Waals surface area contributed by atoms with E-state index in [4.69, 9.17) is 19.9 Å². The molecule has 1 rings (SSSR count). The van der Waals surface area contributed by atoms with E-state index in [2.05, 4.69) is 0 Å². The van der Waals surface area contributed by atoms with Crippen LogP contribution >= 0.6 is 0 Å². The zero-order chi connectivity index (χ0) is 14.1. The molecule has 0 aliphatic heterocycles. The summed E-state index contributed by atoms with van der Waals surface area (Å²) < 4.78 is 15.7. The normalized spacial score (nSPS) is 12.4. The predicted molar refractivity (Wildman–Crippen MR) is 73.3 cm³/mol. The lowest BCUT2D eigenvalue weighted by molar-refractivity contribution is -0.00428. The van der Waals surface area contributed by atoms with Crippen molar-refractivity contribution in [3.63, 3.8) is 0 Å². The third-order valence-corrected chi connectivity index (χ3v) is 2.66. The number of ether oxygens (including phenoxy) is 3. The molecule has 1 atom stereocenters. The number of methoxy groups -OCH3 is 1. The Kier molecular flexibility index (Phi) is 7.43. The van der Waals surface area contributed by atoms with Crippen molar-refractivity contribution in [3.05, 3.63) is 29.3 Å². The topological polar surface area (TPSA) is 73.9 Å². The average Bonchev–Trinajstić information content (AvgIpc) is 2.43. The lowest BCUT2D eigenvalue weighted by Gasteiger charge is -2.14. The molecule has 0 saturated heterocycles. The van der Waals surface area contributed by atoms with Crippen molar-refractivity contribution in [3.8, 4) is 5.75 Å². The third-order valence-electron chi connectivity index (χ3n) is 2.66. The van der Waals surface area contributed by atoms with Gasteiger partial charge in [-0.25, -0.2) is 0 Å². The monoisotopic (exact) mass is 269 g/mol. The average molecular weight is 269 g/mol. The van der Waals surface area contributed by atoms with Crippen molar-refractivity contribution in [2.45, 2.75) is 19.6 Å². The molecule has 0 aliphatic carbocycles. The van der Waals surface area contributed by atoms with Crippen LogP contribution in [0.5, 0.6) is 5.75 Å². The van der Waals surface area contributed by atoms with Crippen molar-refractivity contribution in [1.29, 1.82) is 0 Å². The Bertz CT molecular complexity index is 370. The molecule has 0 heterocycles. The SMILES string of the molecule is COCCOCC(O)COc1cc(CN)ccc1C. The fourth-order valence-corrected chi connectivity index (χ4v) is 1.52. The molecule has 1 unspecified atom stereocenters. The zero-order valence-corrected chi connectivity index (χ0v) is 11.6. The maximum absolute atomic E-state index is 9.71. The number of hydrogen-bond acceptors (Lipinski definition) is 5. The Morgan fingerprint density at radius 2 is 2.05 bits per heavy atom. The maximum Gasteiger partial charge on any atom is 0.122 e. The first kappa shape index (κ1) is 15.9. The largest absolute Gasteiger partial charge is 0.491 e. The lowest BCUT2D eigenvalue weighted by Crippen LogP contribution is -2.24. The van der Waals surface area contributed by atoms with Gasteiger partial charge in [0.05, 0.1) is 19.8 Å². The van der Waals surface area contributed by atoms with Crippen molar-refractivity contribution < 1.29 is 19.3 Å². The molecule has 19 heavy (non-hydrogen) atoms. The number of hydrogen-bond donors (Lipinski definition) is 2. The van der Waals surface area contributed by atoms with Crippen LogP contribution in [0.15, 0.2) is 18.2 Å². The summed E-state index contributed by atoms with van der Waals surface area (Å²) in [6, 6.07) is 5.82. The molecule has 3 N–H and O–H groups in total. The van der Waals surface area contributed by atoms with Crippen LogP contribution in [0.25, 0.3) is 0 Å². The summed E-state index contributed by atoms with van der Waals surface area (Å²) in [5, 5.41) is 9.71. The van der Waals surface area contributed by atoms with Gasteiger partial charge in [-0.1, -0.05) is 12.1 Å². The summed E-state index contributed by atoms with van der Waals surface area (Å²) in [5.41, 5.74) is 7.61. The number of aryl methyl sites for hydroxylation is 1. The van der Waals surface area contributed by atoms with Crippen LogP contribution in [-0.2, 0) is 16.0 Å². The van der Waals surface area contributed by atoms with Crippen LogP contribution in [0.1, 0.15) is 11.1 Å². The molecule has 0 aliphatic rings. The summed E-state index contributed by atoms with van der Waals surface area (Å²) in [7, 11) is 1.61. The van der Waals surface area contributed by atoms with E-state index in [1.165, 1.54) is 0 Å². The number of aliphatic hydroxyl groups excluding tert-OH is 1. The zero-order valence-electron chi connectivity index (χ0n) is 11.6. The first-order valence-corrected chi connectivity index (χ1v) is 6.34. The van der Waals surface area contributed by atoms with Gasteiger partial charge in [0, 0.05) is 13.7 Å². The van der Waals surface area contributed by atoms with Crippen LogP contribution in [-0.4, -0.2) is 44.7 Å². The van der Waals surface area contributed by atoms with E-state index in [1.807, 2.05) is 25.1 Å². The Hall–Kier alpha value is -1.14. The molecule has 0 bridgehead atoms. The number of rotatable bonds is 9. The minimum Gasteiger partial charge on any atom is -0.491 e. The van der Waals surface area contributed by atoms with Crippen LogP contribution in [0, 0.1) is 6.92 Å². The van der Waals surface area contributed by atoms with Gasteiger partial charge in [0.1, 0.15) is 18.5 Å². The molecule has 1 aromatic rings. The highest BCUT2D eigenvalue weighted by Crippen LogP contribution is 2.19. The van der Waals surface area contributed by atoms with Crippen molar-refractivity contribution in [1.82, 2.24) is 0 Å². The second-order valence-electron chi connectivity index (χ2n) is 4.34. The highest BCUT2D eigenvalue weighted by atomic mass is 16.5. The van der Waals surface area contributed by atoms with Crippen molar-refractivity contribution >= 4 is 0 Å². The van der Waals surface area contributed by atoms with Gasteiger partial charge in [-0.3, -0.25) is 0 Å². The molecule has 0 spiro atoms. The quantitative estimate of drug-likeness (QED) is 0.650. The summed E-state index contributed by atoms with van der Waals surface area (Å²) in [6.07, 6.45) is -0.655. The van der Waals surface area contributed by atoms with E-state index in [-0.39, 0.29) is 13.2 Å². The van der Waals surface area contributed by atoms with E-state index in [0.29, 0.717) is 19.8 Å². The highest BCUT2D eigenvalue weighted by Gasteiger charge is 2.07. The van der Waals surface area contributed by atoms with Gasteiger partial charge in [0.25, 0.3) is 0 Å². The first-order chi connectivity index (χ1) is 9.17. The molecule has 1 aromatic carbocycles. The van der Waals surface area contributed by atoms with Crippen LogP contribution in [0.4, 0.5) is 0 Å². The van der Waals surface area contributed by atoms with E-state index >= 15 is 0 Å². The Labute approximate surface area is 114 Å². The molecule has 0 radical (unpaired) electrons. The van der Waals surface area contributed by atoms with Gasteiger partial charge >= 0.3 is 0 Å². The van der Waals surface area contributed by atoms with Gasteiger partial charge < -0.3 is 25.1 Å². The molecule has 5 heteroatoms. The van der Waals surface area contributed by atoms with Gasteiger partial charge in [-0.15, -0.1) is 0 Å². The summed E-state index contributed by atoms with van der Waals surface area (Å²) in [6.45, 7) is 3.84. The molecule has 0 aromatic heterocycles. The van der Waals surface area contributed by atoms with E-state index in [9.17, 15) is 5.11 Å². The standard InChI is InChI=1S/C14H23NO4/c1-11-3-4-12(8-15)7-14(11)19-10-13(16)9-18-6-5-17-2/h3-4,7,13,16H,5-6,8-10,15H2,1-2H3. The third kappa shape index (κ3) is 6.02. The van der Waals surface area contributed by atoms with Crippen molar-refractivity contribution in [2.24, 2.45) is 5.73 Å². The fraction of sp³-hybridized carbons (Fsp3) is 0.571. The highest BCUT2D eigenvalue weighted by molar-refractivity contribution is 5.36. The molecule has 0 fully saturated rings. The second kappa shape index (κ2) is 8.87. The second-order valence-corrected chi connectivity index (χ2v) is 4.34. The van der Waals surface area contributed by atoms with Gasteiger partial charge in [0.15, 0.2) is 0 Å². The summed E-state index contributed by atoms with van der Waals surface area (Å²) in [4.78, 5) is 0. The summed E-state index contributed by atoms with van der Waals surface area (Å²) >= 11 is 0. The van der Waals surface area contributed by atoms with Gasteiger partial charge in [-0.2, -0.15) is 0 Å². The summed E-state index contributed by atoms with van der Waals surface area (Å²) in [5.74, 6) is 0.749. The van der Waals surface area contributed by atoms with Crippen LogP contribution in [0.3, 0.4) is 0 Å². The molecule has 5 nitrogen and oxygen atoms in total. The van der Waals surface area contributed by atoms with E-state index in [1.54, 1.807) is 7.11 Å². The Morgan fingerprint density at radius 3 is 2.74 bits per heavy atom. The molecule has 0 amide bonds. The van der Waals surface area contributed by atoms with Crippen LogP contribution in [0.2, 0.25) is 0 Å². The minimum absolute atomic E-state index is 0.196. The Balaban J connectivity index is 2.34. The number of benzene rings is 1. The first-order valence-electron chi connectivity index (χ1n) is 6.34. The molecule has 108 valence electrons. The molecule has 0 saturated carbocycles. The fourth-order valence-electron chi connectivity index (χ4n) is 1.52. The van der Waals surface area contributed by atoms with E-state index < -0.39 is 6.10 Å². The van der Waals surface area contributed by atoms with Gasteiger partial charge in [-0.05, 0) is 24.1 Å². The maximum atomic E-state index is 9.71. The predicted octanol–water partition coefficient (Wildman–Crippen LogP) is 0.856. The smallest absolute Gasteiger partial charge is 0.122 e.